The van der Waals surface area contributed by atoms with Gasteiger partial charge in [0.1, 0.15) is 5.82 Å². The normalized spacial score (nSPS) is 23.3. The Hall–Kier alpha value is -2.18. The van der Waals surface area contributed by atoms with Gasteiger partial charge in [0, 0.05) is 24.8 Å². The van der Waals surface area contributed by atoms with Gasteiger partial charge in [0.05, 0.1) is 32.0 Å². The molecule has 0 aliphatic carbocycles. The van der Waals surface area contributed by atoms with E-state index in [0.29, 0.717) is 32.8 Å². The molecule has 1 amide bonds. The van der Waals surface area contributed by atoms with Crippen LogP contribution in [0.2, 0.25) is 0 Å². The molecule has 5 nitrogen and oxygen atoms in total. The number of benzene rings is 1. The largest absolute Gasteiger partial charge is 0.378 e. The number of halogens is 1. The lowest BCUT2D eigenvalue weighted by atomic mass is 10.00. The second-order valence-electron chi connectivity index (χ2n) is 6.69. The van der Waals surface area contributed by atoms with E-state index >= 15 is 0 Å². The molecule has 1 saturated heterocycles. The summed E-state index contributed by atoms with van der Waals surface area (Å²) >= 11 is 0. The Morgan fingerprint density at radius 2 is 1.92 bits per heavy atom. The van der Waals surface area contributed by atoms with Gasteiger partial charge in [-0.15, -0.1) is 0 Å². The van der Waals surface area contributed by atoms with Gasteiger partial charge < -0.3 is 19.1 Å². The number of hydrogen-bond acceptors (Lipinski definition) is 2. The molecule has 2 atom stereocenters. The molecule has 0 radical (unpaired) electrons. The number of carbonyl (C=O) groups is 1. The van der Waals surface area contributed by atoms with E-state index in [-0.39, 0.29) is 17.8 Å². The van der Waals surface area contributed by atoms with Crippen molar-refractivity contribution in [2.45, 2.75) is 12.6 Å². The number of rotatable bonds is 3. The van der Waals surface area contributed by atoms with Crippen LogP contribution in [0.3, 0.4) is 0 Å². The number of morpholine rings is 1. The minimum atomic E-state index is -0.235. The minimum Gasteiger partial charge on any atom is -0.378 e. The van der Waals surface area contributed by atoms with Crippen molar-refractivity contribution in [1.29, 1.82) is 0 Å². The van der Waals surface area contributed by atoms with E-state index in [4.69, 9.17) is 4.74 Å². The molecule has 4 rings (SSSR count). The van der Waals surface area contributed by atoms with Gasteiger partial charge >= 0.3 is 0 Å². The molecule has 1 unspecified atom stereocenters. The zero-order valence-corrected chi connectivity index (χ0v) is 14.2. The Bertz CT molecular complexity index is 737. The second-order valence-corrected chi connectivity index (χ2v) is 6.69. The van der Waals surface area contributed by atoms with Crippen LogP contribution in [0.15, 0.2) is 42.6 Å². The van der Waals surface area contributed by atoms with Gasteiger partial charge in [-0.05, 0) is 36.4 Å². The van der Waals surface area contributed by atoms with Crippen molar-refractivity contribution >= 4 is 5.91 Å². The average Bonchev–Trinajstić information content (AvgIpc) is 3.12. The summed E-state index contributed by atoms with van der Waals surface area (Å²) in [4.78, 5) is 15.8. The summed E-state index contributed by atoms with van der Waals surface area (Å²) in [5.41, 5.74) is 2.23. The summed E-state index contributed by atoms with van der Waals surface area (Å²) < 4.78 is 20.9. The van der Waals surface area contributed by atoms with E-state index < -0.39 is 0 Å². The van der Waals surface area contributed by atoms with Gasteiger partial charge in [-0.1, -0.05) is 0 Å². The number of amides is 1. The number of hydrogen-bond donors (Lipinski definition) is 1. The van der Waals surface area contributed by atoms with Gasteiger partial charge in [0.25, 0.3) is 5.91 Å². The molecule has 2 aromatic rings. The van der Waals surface area contributed by atoms with Crippen molar-refractivity contribution in [2.75, 3.05) is 39.4 Å². The summed E-state index contributed by atoms with van der Waals surface area (Å²) in [6, 6.07) is 10.9. The van der Waals surface area contributed by atoms with Crippen LogP contribution in [0.5, 0.6) is 0 Å². The summed E-state index contributed by atoms with van der Waals surface area (Å²) in [6.07, 6.45) is 2.08. The van der Waals surface area contributed by atoms with E-state index in [1.165, 1.54) is 22.7 Å². The van der Waals surface area contributed by atoms with E-state index in [1.54, 1.807) is 0 Å². The number of nitrogens with zero attached hydrogens (tertiary/aromatic N) is 2. The van der Waals surface area contributed by atoms with Gasteiger partial charge in [0.15, 0.2) is 12.6 Å². The lowest BCUT2D eigenvalue weighted by Crippen LogP contribution is -3.14. The summed E-state index contributed by atoms with van der Waals surface area (Å²) in [7, 11) is 0. The summed E-state index contributed by atoms with van der Waals surface area (Å²) in [5, 5.41) is 0. The Morgan fingerprint density at radius 3 is 2.68 bits per heavy atom. The Labute approximate surface area is 146 Å². The molecule has 0 bridgehead atoms. The molecule has 2 aliphatic rings. The smallest absolute Gasteiger partial charge is 0.277 e. The Morgan fingerprint density at radius 1 is 1.16 bits per heavy atom. The van der Waals surface area contributed by atoms with Crippen molar-refractivity contribution in [3.63, 3.8) is 0 Å². The zero-order chi connectivity index (χ0) is 17.2. The van der Waals surface area contributed by atoms with Crippen molar-refractivity contribution in [3.8, 4) is 0 Å². The van der Waals surface area contributed by atoms with Crippen LogP contribution >= 0.6 is 0 Å². The number of quaternary nitrogens is 1. The van der Waals surface area contributed by atoms with Crippen molar-refractivity contribution < 1.29 is 18.8 Å². The lowest BCUT2D eigenvalue weighted by molar-refractivity contribution is -0.922. The fourth-order valence-electron chi connectivity index (χ4n) is 3.88. The molecule has 1 aromatic heterocycles. The highest BCUT2D eigenvalue weighted by atomic mass is 19.1. The molecular weight excluding hydrogens is 321 g/mol. The van der Waals surface area contributed by atoms with Crippen molar-refractivity contribution in [2.24, 2.45) is 0 Å². The highest BCUT2D eigenvalue weighted by Gasteiger charge is 2.35. The van der Waals surface area contributed by atoms with Crippen LogP contribution in [-0.2, 0) is 16.1 Å². The van der Waals surface area contributed by atoms with Crippen LogP contribution in [0.4, 0.5) is 4.39 Å². The molecule has 0 saturated carbocycles. The number of aromatic nitrogens is 1. The number of carbonyl (C=O) groups excluding carboxylic acids is 1. The molecule has 3 heterocycles. The third-order valence-corrected chi connectivity index (χ3v) is 5.19. The molecule has 1 aromatic carbocycles. The maximum absolute atomic E-state index is 13.4. The fourth-order valence-corrected chi connectivity index (χ4v) is 3.88. The predicted octanol–water partition coefficient (Wildman–Crippen LogP) is 0.474. The molecule has 25 heavy (non-hydrogen) atoms. The third kappa shape index (κ3) is 3.32. The van der Waals surface area contributed by atoms with Gasteiger partial charge in [0.2, 0.25) is 0 Å². The maximum Gasteiger partial charge on any atom is 0.277 e. The first kappa shape index (κ1) is 16.3. The second kappa shape index (κ2) is 6.98. The van der Waals surface area contributed by atoms with Crippen LogP contribution in [0, 0.1) is 5.82 Å². The summed E-state index contributed by atoms with van der Waals surface area (Å²) in [6.45, 7) is 4.79. The van der Waals surface area contributed by atoms with Gasteiger partial charge in [-0.3, -0.25) is 4.79 Å². The number of nitrogens with one attached hydrogen (secondary N) is 1. The van der Waals surface area contributed by atoms with Crippen LogP contribution < -0.4 is 4.90 Å². The average molecular weight is 344 g/mol. The van der Waals surface area contributed by atoms with Gasteiger partial charge in [-0.25, -0.2) is 4.39 Å². The zero-order valence-electron chi connectivity index (χ0n) is 14.2. The van der Waals surface area contributed by atoms with Crippen molar-refractivity contribution in [1.82, 2.24) is 9.47 Å². The fraction of sp³-hybridized carbons (Fsp3) is 0.421. The Balaban J connectivity index is 1.59. The molecule has 2 aliphatic heterocycles. The predicted molar refractivity (Wildman–Crippen MR) is 90.8 cm³/mol. The standard InChI is InChI=1S/C19H22FN3O2/c20-16-5-3-15(4-6-16)19-17-2-1-7-21(17)8-9-23(19)14-18(24)22-10-12-25-13-11-22/h1-7,19H,8-14H2/p+1/t19-/m0/s1. The van der Waals surface area contributed by atoms with Crippen molar-refractivity contribution in [3.05, 3.63) is 59.7 Å². The monoisotopic (exact) mass is 344 g/mol. The Kier molecular flexibility index (Phi) is 4.55. The quantitative estimate of drug-likeness (QED) is 0.879. The maximum atomic E-state index is 13.4. The molecule has 0 spiro atoms. The van der Waals surface area contributed by atoms with Gasteiger partial charge in [-0.2, -0.15) is 0 Å². The molecule has 6 heteroatoms. The molecule has 132 valence electrons. The highest BCUT2D eigenvalue weighted by molar-refractivity contribution is 5.77. The molecule has 1 fully saturated rings. The first-order valence-electron chi connectivity index (χ1n) is 8.83. The SMILES string of the molecule is O=C(C[NH+]1CCn2cccc2[C@@H]1c1ccc(F)cc1)N1CCOCC1. The molecular formula is C19H23FN3O2+. The topological polar surface area (TPSA) is 38.9 Å². The number of ether oxygens (including phenoxy) is 1. The highest BCUT2D eigenvalue weighted by Crippen LogP contribution is 2.22. The summed E-state index contributed by atoms with van der Waals surface area (Å²) in [5.74, 6) is -0.0636. The first-order valence-corrected chi connectivity index (χ1v) is 8.83. The number of fused-ring (bicyclic) bond motifs is 1. The van der Waals surface area contributed by atoms with Crippen LogP contribution in [-0.4, -0.2) is 54.8 Å². The third-order valence-electron chi connectivity index (χ3n) is 5.19. The van der Waals surface area contributed by atoms with Crippen LogP contribution in [0.25, 0.3) is 0 Å². The lowest BCUT2D eigenvalue weighted by Gasteiger charge is -2.35. The minimum absolute atomic E-state index is 0.0503. The van der Waals surface area contributed by atoms with Crippen LogP contribution in [0.1, 0.15) is 17.3 Å². The van der Waals surface area contributed by atoms with E-state index in [2.05, 4.69) is 16.8 Å². The molecule has 1 N–H and O–H groups in total. The van der Waals surface area contributed by atoms with E-state index in [0.717, 1.165) is 18.7 Å². The first-order chi connectivity index (χ1) is 12.2. The van der Waals surface area contributed by atoms with E-state index in [9.17, 15) is 9.18 Å². The van der Waals surface area contributed by atoms with E-state index in [1.807, 2.05) is 23.1 Å².